The van der Waals surface area contributed by atoms with Gasteiger partial charge in [0.05, 0.1) is 0 Å². The van der Waals surface area contributed by atoms with Crippen molar-refractivity contribution in [3.8, 4) is 11.4 Å². The molecule has 1 N–H and O–H groups in total. The van der Waals surface area contributed by atoms with E-state index in [4.69, 9.17) is 4.52 Å². The highest BCUT2D eigenvalue weighted by atomic mass is 16.5. The van der Waals surface area contributed by atoms with Crippen LogP contribution in [0.3, 0.4) is 0 Å². The van der Waals surface area contributed by atoms with E-state index in [1.165, 1.54) is 18.4 Å². The Bertz CT molecular complexity index is 527. The third-order valence-corrected chi connectivity index (χ3v) is 3.67. The number of benzene rings is 1. The molecule has 0 spiro atoms. The number of rotatable bonds is 4. The number of hydrogen-bond acceptors (Lipinski definition) is 4. The lowest BCUT2D eigenvalue weighted by Gasteiger charge is -2.04. The minimum atomic E-state index is 0.496. The zero-order valence-corrected chi connectivity index (χ0v) is 11.2. The van der Waals surface area contributed by atoms with E-state index in [1.54, 1.807) is 0 Å². The van der Waals surface area contributed by atoms with Crippen molar-refractivity contribution in [1.29, 1.82) is 0 Å². The van der Waals surface area contributed by atoms with Crippen molar-refractivity contribution in [1.82, 2.24) is 15.5 Å². The summed E-state index contributed by atoms with van der Waals surface area (Å²) in [6.07, 6.45) is 4.32. The summed E-state index contributed by atoms with van der Waals surface area (Å²) < 4.78 is 5.34. The second kappa shape index (κ2) is 5.53. The average Bonchev–Trinajstić information content (AvgIpc) is 3.11. The van der Waals surface area contributed by atoms with Crippen LogP contribution in [0, 0.1) is 0 Å². The Hall–Kier alpha value is -1.68. The van der Waals surface area contributed by atoms with Crippen LogP contribution in [0.25, 0.3) is 11.4 Å². The van der Waals surface area contributed by atoms with E-state index in [-0.39, 0.29) is 0 Å². The molecule has 4 nitrogen and oxygen atoms in total. The van der Waals surface area contributed by atoms with Crippen LogP contribution >= 0.6 is 0 Å². The number of nitrogens with one attached hydrogen (secondary N) is 1. The highest BCUT2D eigenvalue weighted by Gasteiger charge is 2.18. The van der Waals surface area contributed by atoms with Gasteiger partial charge in [0.15, 0.2) is 0 Å². The Morgan fingerprint density at radius 1 is 1.32 bits per heavy atom. The van der Waals surface area contributed by atoms with Crippen molar-refractivity contribution >= 4 is 0 Å². The number of hydrogen-bond donors (Lipinski definition) is 1. The van der Waals surface area contributed by atoms with Gasteiger partial charge in [-0.05, 0) is 31.4 Å². The van der Waals surface area contributed by atoms with Crippen molar-refractivity contribution in [3.05, 3.63) is 35.7 Å². The van der Waals surface area contributed by atoms with E-state index in [9.17, 15) is 0 Å². The standard InChI is InChI=1S/C15H19N3O/c1-2-11-5-7-12(8-6-11)15-17-14(19-18-15)10-13-4-3-9-16-13/h5-8,13,16H,2-4,9-10H2,1H3. The maximum atomic E-state index is 5.34. The Balaban J connectivity index is 1.72. The van der Waals surface area contributed by atoms with E-state index in [0.29, 0.717) is 11.9 Å². The predicted molar refractivity (Wildman–Crippen MR) is 73.8 cm³/mol. The molecule has 0 amide bonds. The Morgan fingerprint density at radius 2 is 2.16 bits per heavy atom. The van der Waals surface area contributed by atoms with Crippen LogP contribution in [0.5, 0.6) is 0 Å². The second-order valence-corrected chi connectivity index (χ2v) is 5.06. The molecule has 0 aliphatic carbocycles. The quantitative estimate of drug-likeness (QED) is 0.914. The summed E-state index contributed by atoms with van der Waals surface area (Å²) in [6.45, 7) is 3.25. The predicted octanol–water partition coefficient (Wildman–Crippen LogP) is 2.59. The van der Waals surface area contributed by atoms with Gasteiger partial charge < -0.3 is 9.84 Å². The summed E-state index contributed by atoms with van der Waals surface area (Å²) in [7, 11) is 0. The summed E-state index contributed by atoms with van der Waals surface area (Å²) >= 11 is 0. The van der Waals surface area contributed by atoms with Crippen LogP contribution in [0.15, 0.2) is 28.8 Å². The van der Waals surface area contributed by atoms with Gasteiger partial charge in [0.1, 0.15) is 0 Å². The molecule has 0 radical (unpaired) electrons. The van der Waals surface area contributed by atoms with Crippen molar-refractivity contribution < 1.29 is 4.52 Å². The molecule has 1 aliphatic rings. The molecule has 100 valence electrons. The average molecular weight is 257 g/mol. The molecule has 1 atom stereocenters. The fraction of sp³-hybridized carbons (Fsp3) is 0.467. The maximum Gasteiger partial charge on any atom is 0.228 e. The van der Waals surface area contributed by atoms with Gasteiger partial charge in [0.25, 0.3) is 0 Å². The van der Waals surface area contributed by atoms with E-state index >= 15 is 0 Å². The lowest BCUT2D eigenvalue weighted by atomic mass is 10.1. The van der Waals surface area contributed by atoms with E-state index in [2.05, 4.69) is 46.6 Å². The van der Waals surface area contributed by atoms with E-state index < -0.39 is 0 Å². The third-order valence-electron chi connectivity index (χ3n) is 3.67. The topological polar surface area (TPSA) is 51.0 Å². The number of aromatic nitrogens is 2. The second-order valence-electron chi connectivity index (χ2n) is 5.06. The van der Waals surface area contributed by atoms with Gasteiger partial charge in [-0.25, -0.2) is 0 Å². The van der Waals surface area contributed by atoms with Crippen LogP contribution in [0.1, 0.15) is 31.2 Å². The molecule has 1 unspecified atom stereocenters. The van der Waals surface area contributed by atoms with Crippen molar-refractivity contribution in [2.45, 2.75) is 38.6 Å². The molecule has 3 rings (SSSR count). The Labute approximate surface area is 113 Å². The third kappa shape index (κ3) is 2.84. The first-order valence-electron chi connectivity index (χ1n) is 7.00. The first-order chi connectivity index (χ1) is 9.35. The van der Waals surface area contributed by atoms with Gasteiger partial charge in [-0.2, -0.15) is 4.98 Å². The van der Waals surface area contributed by atoms with Crippen LogP contribution in [-0.2, 0) is 12.8 Å². The van der Waals surface area contributed by atoms with Crippen LogP contribution in [0.2, 0.25) is 0 Å². The summed E-state index contributed by atoms with van der Waals surface area (Å²) in [6, 6.07) is 8.84. The zero-order valence-electron chi connectivity index (χ0n) is 11.2. The number of nitrogens with zero attached hydrogens (tertiary/aromatic N) is 2. The van der Waals surface area contributed by atoms with E-state index in [1.807, 2.05) is 0 Å². The first kappa shape index (κ1) is 12.4. The molecule has 1 saturated heterocycles. The maximum absolute atomic E-state index is 5.34. The Morgan fingerprint density at radius 3 is 2.84 bits per heavy atom. The van der Waals surface area contributed by atoms with Crippen molar-refractivity contribution in [2.75, 3.05) is 6.54 Å². The van der Waals surface area contributed by atoms with Crippen LogP contribution in [-0.4, -0.2) is 22.7 Å². The SMILES string of the molecule is CCc1ccc(-c2noc(CC3CCCN3)n2)cc1. The first-order valence-corrected chi connectivity index (χ1v) is 7.00. The van der Waals surface area contributed by atoms with Gasteiger partial charge in [0.2, 0.25) is 11.7 Å². The highest BCUT2D eigenvalue weighted by Crippen LogP contribution is 2.18. The smallest absolute Gasteiger partial charge is 0.228 e. The highest BCUT2D eigenvalue weighted by molar-refractivity contribution is 5.54. The molecule has 0 bridgehead atoms. The molecular weight excluding hydrogens is 238 g/mol. The Kier molecular flexibility index (Phi) is 3.60. The van der Waals surface area contributed by atoms with Gasteiger partial charge >= 0.3 is 0 Å². The molecule has 4 heteroatoms. The molecule has 1 aromatic carbocycles. The van der Waals surface area contributed by atoms with Crippen molar-refractivity contribution in [3.63, 3.8) is 0 Å². The molecule has 1 aromatic heterocycles. The fourth-order valence-electron chi connectivity index (χ4n) is 2.49. The minimum Gasteiger partial charge on any atom is -0.339 e. The van der Waals surface area contributed by atoms with Crippen LogP contribution < -0.4 is 5.32 Å². The van der Waals surface area contributed by atoms with Gasteiger partial charge in [0, 0.05) is 18.0 Å². The summed E-state index contributed by atoms with van der Waals surface area (Å²) in [5, 5.41) is 7.51. The number of aryl methyl sites for hydroxylation is 1. The van der Waals surface area contributed by atoms with E-state index in [0.717, 1.165) is 30.8 Å². The van der Waals surface area contributed by atoms with Gasteiger partial charge in [-0.15, -0.1) is 0 Å². The summed E-state index contributed by atoms with van der Waals surface area (Å²) in [4.78, 5) is 4.48. The molecule has 1 fully saturated rings. The van der Waals surface area contributed by atoms with Crippen molar-refractivity contribution in [2.24, 2.45) is 0 Å². The minimum absolute atomic E-state index is 0.496. The summed E-state index contributed by atoms with van der Waals surface area (Å²) in [5.41, 5.74) is 2.34. The normalized spacial score (nSPS) is 18.9. The molecule has 19 heavy (non-hydrogen) atoms. The lowest BCUT2D eigenvalue weighted by Crippen LogP contribution is -2.23. The molecule has 0 saturated carbocycles. The van der Waals surface area contributed by atoms with Gasteiger partial charge in [-0.3, -0.25) is 0 Å². The van der Waals surface area contributed by atoms with Gasteiger partial charge in [-0.1, -0.05) is 36.3 Å². The molecule has 2 heterocycles. The van der Waals surface area contributed by atoms with Crippen LogP contribution in [0.4, 0.5) is 0 Å². The summed E-state index contributed by atoms with van der Waals surface area (Å²) in [5.74, 6) is 1.42. The monoisotopic (exact) mass is 257 g/mol. The molecule has 1 aliphatic heterocycles. The largest absolute Gasteiger partial charge is 0.339 e. The zero-order chi connectivity index (χ0) is 13.1. The lowest BCUT2D eigenvalue weighted by molar-refractivity contribution is 0.364. The fourth-order valence-corrected chi connectivity index (χ4v) is 2.49. The molecular formula is C15H19N3O. The molecule has 2 aromatic rings.